The van der Waals surface area contributed by atoms with E-state index in [1.807, 2.05) is 0 Å². The van der Waals surface area contributed by atoms with Crippen LogP contribution in [-0.4, -0.2) is 16.5 Å². The first-order valence-electron chi connectivity index (χ1n) is 3.91. The molecule has 1 heterocycles. The fourth-order valence-electron chi connectivity index (χ4n) is 0.947. The largest absolute Gasteiger partial charge is 0.368 e. The summed E-state index contributed by atoms with van der Waals surface area (Å²) >= 11 is 3.21. The van der Waals surface area contributed by atoms with E-state index in [0.29, 0.717) is 0 Å². The maximum absolute atomic E-state index is 11.3. The first kappa shape index (κ1) is 10.9. The average Bonchev–Trinajstić information content (AvgIpc) is 2.11. The van der Waals surface area contributed by atoms with Gasteiger partial charge < -0.3 is 16.0 Å². The number of carbonyl (C=O) groups is 1. The highest BCUT2D eigenvalue weighted by atomic mass is 79.9. The Kier molecular flexibility index (Phi) is 3.43. The minimum Gasteiger partial charge on any atom is -0.368 e. The quantitative estimate of drug-likeness (QED) is 0.761. The van der Waals surface area contributed by atoms with Crippen molar-refractivity contribution in [1.82, 2.24) is 4.57 Å². The standard InChI is InChI=1S/C8H10BrN3O2/c9-5-1-2-7(13)12(3-5)4-6(10)8(11)14/h1-3,6H,4,10H2,(H2,11,14). The lowest BCUT2D eigenvalue weighted by molar-refractivity contribution is -0.119. The second-order valence-corrected chi connectivity index (χ2v) is 3.76. The summed E-state index contributed by atoms with van der Waals surface area (Å²) < 4.78 is 2.08. The zero-order valence-corrected chi connectivity index (χ0v) is 8.90. The third kappa shape index (κ3) is 2.68. The molecule has 0 aromatic carbocycles. The van der Waals surface area contributed by atoms with Gasteiger partial charge in [0.2, 0.25) is 5.91 Å². The Morgan fingerprint density at radius 3 is 2.79 bits per heavy atom. The number of aromatic nitrogens is 1. The normalized spacial score (nSPS) is 12.4. The van der Waals surface area contributed by atoms with Gasteiger partial charge in [-0.25, -0.2) is 0 Å². The van der Waals surface area contributed by atoms with E-state index in [0.717, 1.165) is 4.47 Å². The van der Waals surface area contributed by atoms with E-state index >= 15 is 0 Å². The summed E-state index contributed by atoms with van der Waals surface area (Å²) in [6, 6.07) is 2.16. The van der Waals surface area contributed by atoms with Crippen molar-refractivity contribution < 1.29 is 4.79 Å². The van der Waals surface area contributed by atoms with Gasteiger partial charge in [0.25, 0.3) is 5.56 Å². The first-order chi connectivity index (χ1) is 6.50. The molecular weight excluding hydrogens is 250 g/mol. The lowest BCUT2D eigenvalue weighted by atomic mass is 10.3. The van der Waals surface area contributed by atoms with Gasteiger partial charge >= 0.3 is 0 Å². The van der Waals surface area contributed by atoms with Crippen molar-refractivity contribution in [2.24, 2.45) is 11.5 Å². The Bertz CT molecular complexity index is 402. The van der Waals surface area contributed by atoms with Gasteiger partial charge in [0.05, 0.1) is 0 Å². The molecule has 5 nitrogen and oxygen atoms in total. The number of nitrogens with two attached hydrogens (primary N) is 2. The molecule has 0 fully saturated rings. The summed E-state index contributed by atoms with van der Waals surface area (Å²) in [6.07, 6.45) is 1.56. The molecule has 0 saturated heterocycles. The second kappa shape index (κ2) is 4.39. The number of carbonyl (C=O) groups excluding carboxylic acids is 1. The van der Waals surface area contributed by atoms with Crippen LogP contribution in [0.2, 0.25) is 0 Å². The highest BCUT2D eigenvalue weighted by Gasteiger charge is 2.10. The molecule has 14 heavy (non-hydrogen) atoms. The molecule has 1 amide bonds. The molecule has 0 bridgehead atoms. The molecule has 1 unspecified atom stereocenters. The third-order valence-electron chi connectivity index (χ3n) is 1.71. The molecular formula is C8H10BrN3O2. The van der Waals surface area contributed by atoms with Crippen LogP contribution >= 0.6 is 15.9 Å². The van der Waals surface area contributed by atoms with Crippen LogP contribution in [0.25, 0.3) is 0 Å². The van der Waals surface area contributed by atoms with Crippen molar-refractivity contribution in [2.45, 2.75) is 12.6 Å². The van der Waals surface area contributed by atoms with E-state index in [9.17, 15) is 9.59 Å². The van der Waals surface area contributed by atoms with E-state index in [1.165, 1.54) is 10.6 Å². The number of rotatable bonds is 3. The molecule has 0 aliphatic carbocycles. The minimum atomic E-state index is -0.845. The number of halogens is 1. The Hall–Kier alpha value is -1.14. The summed E-state index contributed by atoms with van der Waals surface area (Å²) in [5.41, 5.74) is 10.2. The summed E-state index contributed by atoms with van der Waals surface area (Å²) in [7, 11) is 0. The van der Waals surface area contributed by atoms with Crippen LogP contribution in [-0.2, 0) is 11.3 Å². The van der Waals surface area contributed by atoms with Crippen LogP contribution in [0.1, 0.15) is 0 Å². The van der Waals surface area contributed by atoms with Crippen molar-refractivity contribution in [1.29, 1.82) is 0 Å². The van der Waals surface area contributed by atoms with Gasteiger partial charge in [0.1, 0.15) is 6.04 Å². The molecule has 1 atom stereocenters. The average molecular weight is 260 g/mol. The van der Waals surface area contributed by atoms with Gasteiger partial charge in [-0.2, -0.15) is 0 Å². The fourth-order valence-corrected chi connectivity index (χ4v) is 1.33. The van der Waals surface area contributed by atoms with Crippen molar-refractivity contribution >= 4 is 21.8 Å². The van der Waals surface area contributed by atoms with Crippen LogP contribution in [0.3, 0.4) is 0 Å². The molecule has 0 aliphatic heterocycles. The molecule has 4 N–H and O–H groups in total. The fraction of sp³-hybridized carbons (Fsp3) is 0.250. The van der Waals surface area contributed by atoms with E-state index in [4.69, 9.17) is 11.5 Å². The van der Waals surface area contributed by atoms with Crippen LogP contribution in [0.15, 0.2) is 27.6 Å². The molecule has 1 aromatic heterocycles. The maximum Gasteiger partial charge on any atom is 0.250 e. The predicted octanol–water partition coefficient (Wildman–Crippen LogP) is -0.577. The summed E-state index contributed by atoms with van der Waals surface area (Å²) in [5.74, 6) is -0.628. The minimum absolute atomic E-state index is 0.0909. The van der Waals surface area contributed by atoms with E-state index in [-0.39, 0.29) is 12.1 Å². The topological polar surface area (TPSA) is 91.1 Å². The lowest BCUT2D eigenvalue weighted by Gasteiger charge is -2.09. The second-order valence-electron chi connectivity index (χ2n) is 2.85. The van der Waals surface area contributed by atoms with Crippen LogP contribution < -0.4 is 17.0 Å². The van der Waals surface area contributed by atoms with Gasteiger partial charge in [-0.3, -0.25) is 9.59 Å². The third-order valence-corrected chi connectivity index (χ3v) is 2.18. The van der Waals surface area contributed by atoms with Crippen LogP contribution in [0.5, 0.6) is 0 Å². The molecule has 1 aromatic rings. The Labute approximate surface area is 88.8 Å². The number of hydrogen-bond donors (Lipinski definition) is 2. The number of nitrogens with zero attached hydrogens (tertiary/aromatic N) is 1. The van der Waals surface area contributed by atoms with Crippen molar-refractivity contribution in [2.75, 3.05) is 0 Å². The van der Waals surface area contributed by atoms with E-state index in [2.05, 4.69) is 15.9 Å². The Morgan fingerprint density at radius 1 is 1.57 bits per heavy atom. The van der Waals surface area contributed by atoms with Crippen molar-refractivity contribution in [3.63, 3.8) is 0 Å². The number of amides is 1. The maximum atomic E-state index is 11.3. The van der Waals surface area contributed by atoms with Gasteiger partial charge in [-0.1, -0.05) is 0 Å². The van der Waals surface area contributed by atoms with Gasteiger partial charge in [0.15, 0.2) is 0 Å². The SMILES string of the molecule is NC(=O)C(N)Cn1cc(Br)ccc1=O. The smallest absolute Gasteiger partial charge is 0.250 e. The lowest BCUT2D eigenvalue weighted by Crippen LogP contribution is -2.41. The number of primary amides is 1. The molecule has 0 aliphatic rings. The number of hydrogen-bond acceptors (Lipinski definition) is 3. The molecule has 76 valence electrons. The predicted molar refractivity (Wildman–Crippen MR) is 55.6 cm³/mol. The first-order valence-corrected chi connectivity index (χ1v) is 4.71. The van der Waals surface area contributed by atoms with Gasteiger partial charge in [-0.05, 0) is 22.0 Å². The summed E-state index contributed by atoms with van der Waals surface area (Å²) in [4.78, 5) is 21.9. The monoisotopic (exact) mass is 259 g/mol. The molecule has 0 radical (unpaired) electrons. The van der Waals surface area contributed by atoms with Gasteiger partial charge in [0, 0.05) is 23.3 Å². The van der Waals surface area contributed by atoms with E-state index < -0.39 is 11.9 Å². The van der Waals surface area contributed by atoms with Crippen LogP contribution in [0, 0.1) is 0 Å². The van der Waals surface area contributed by atoms with Crippen LogP contribution in [0.4, 0.5) is 0 Å². The van der Waals surface area contributed by atoms with Gasteiger partial charge in [-0.15, -0.1) is 0 Å². The Morgan fingerprint density at radius 2 is 2.21 bits per heavy atom. The Balaban J connectivity index is 2.91. The zero-order valence-electron chi connectivity index (χ0n) is 7.31. The van der Waals surface area contributed by atoms with E-state index in [1.54, 1.807) is 12.3 Å². The number of pyridine rings is 1. The zero-order chi connectivity index (χ0) is 10.7. The molecule has 1 rings (SSSR count). The van der Waals surface area contributed by atoms with Crippen molar-refractivity contribution in [3.05, 3.63) is 33.2 Å². The molecule has 0 spiro atoms. The molecule has 6 heteroatoms. The summed E-state index contributed by atoms with van der Waals surface area (Å²) in [6.45, 7) is 0.0909. The van der Waals surface area contributed by atoms with Crippen molar-refractivity contribution in [3.8, 4) is 0 Å². The summed E-state index contributed by atoms with van der Waals surface area (Å²) in [5, 5.41) is 0. The highest BCUT2D eigenvalue weighted by molar-refractivity contribution is 9.10. The molecule has 0 saturated carbocycles. The highest BCUT2D eigenvalue weighted by Crippen LogP contribution is 2.04.